The van der Waals surface area contributed by atoms with Crippen LogP contribution in [0.5, 0.6) is 0 Å². The van der Waals surface area contributed by atoms with E-state index >= 15 is 0 Å². The standard InChI is InChI=1S/C32H38N2O6/c35-29-26-12-10-24(32(38)40-20-8-18-34-15-5-2-6-16-34)22-28(26)30(36)25-11-9-23(21-27(25)29)31(37)39-19-7-17-33-13-3-1-4-14-33/h9-12,21-22H,1-8,13-20H2. The van der Waals surface area contributed by atoms with Crippen molar-refractivity contribution < 1.29 is 28.7 Å². The molecule has 8 heteroatoms. The Balaban J connectivity index is 1.17. The molecule has 2 aliphatic heterocycles. The maximum Gasteiger partial charge on any atom is 0.338 e. The van der Waals surface area contributed by atoms with Crippen LogP contribution in [0.25, 0.3) is 0 Å². The Morgan fingerprint density at radius 3 is 1.38 bits per heavy atom. The van der Waals surface area contributed by atoms with Crippen molar-refractivity contribution in [2.75, 3.05) is 52.5 Å². The van der Waals surface area contributed by atoms with Gasteiger partial charge in [0.2, 0.25) is 0 Å². The van der Waals surface area contributed by atoms with E-state index in [9.17, 15) is 19.2 Å². The molecule has 5 rings (SSSR count). The third kappa shape index (κ3) is 6.67. The molecule has 0 N–H and O–H groups in total. The van der Waals surface area contributed by atoms with Crippen LogP contribution in [0.3, 0.4) is 0 Å². The second-order valence-corrected chi connectivity index (χ2v) is 11.0. The number of nitrogens with zero attached hydrogens (tertiary/aromatic N) is 2. The zero-order chi connectivity index (χ0) is 27.9. The van der Waals surface area contributed by atoms with Gasteiger partial charge in [-0.05, 0) is 101 Å². The average Bonchev–Trinajstić information content (AvgIpc) is 3.00. The van der Waals surface area contributed by atoms with Crippen molar-refractivity contribution in [3.05, 3.63) is 69.8 Å². The quantitative estimate of drug-likeness (QED) is 0.271. The van der Waals surface area contributed by atoms with E-state index in [1.807, 2.05) is 0 Å². The van der Waals surface area contributed by atoms with E-state index in [-0.39, 0.29) is 44.9 Å². The summed E-state index contributed by atoms with van der Waals surface area (Å²) in [6.07, 6.45) is 8.94. The first-order valence-corrected chi connectivity index (χ1v) is 14.7. The second-order valence-electron chi connectivity index (χ2n) is 11.0. The molecule has 8 nitrogen and oxygen atoms in total. The number of esters is 2. The predicted molar refractivity (Wildman–Crippen MR) is 150 cm³/mol. The summed E-state index contributed by atoms with van der Waals surface area (Å²) in [5.41, 5.74) is 1.26. The molecular formula is C32H38N2O6. The number of ketones is 2. The van der Waals surface area contributed by atoms with E-state index < -0.39 is 11.9 Å². The van der Waals surface area contributed by atoms with Crippen molar-refractivity contribution in [1.29, 1.82) is 0 Å². The lowest BCUT2D eigenvalue weighted by molar-refractivity contribution is 0.0476. The molecule has 0 saturated carbocycles. The van der Waals surface area contributed by atoms with E-state index in [2.05, 4.69) is 9.80 Å². The first kappa shape index (κ1) is 28.2. The number of carbonyl (C=O) groups is 4. The lowest BCUT2D eigenvalue weighted by Crippen LogP contribution is -2.31. The highest BCUT2D eigenvalue weighted by Crippen LogP contribution is 2.29. The fourth-order valence-corrected chi connectivity index (χ4v) is 5.84. The fourth-order valence-electron chi connectivity index (χ4n) is 5.84. The molecule has 0 spiro atoms. The second kappa shape index (κ2) is 13.3. The summed E-state index contributed by atoms with van der Waals surface area (Å²) in [4.78, 5) is 56.6. The van der Waals surface area contributed by atoms with Crippen LogP contribution in [-0.4, -0.2) is 85.8 Å². The molecule has 0 bridgehead atoms. The largest absolute Gasteiger partial charge is 0.462 e. The monoisotopic (exact) mass is 546 g/mol. The maximum absolute atomic E-state index is 13.3. The number of carbonyl (C=O) groups excluding carboxylic acids is 4. The Morgan fingerprint density at radius 1 is 0.575 bits per heavy atom. The normalized spacial score (nSPS) is 17.7. The van der Waals surface area contributed by atoms with Crippen LogP contribution in [0.2, 0.25) is 0 Å². The third-order valence-electron chi connectivity index (χ3n) is 8.09. The van der Waals surface area contributed by atoms with Gasteiger partial charge in [-0.3, -0.25) is 9.59 Å². The number of hydrogen-bond donors (Lipinski definition) is 0. The van der Waals surface area contributed by atoms with Crippen LogP contribution in [0.4, 0.5) is 0 Å². The minimum Gasteiger partial charge on any atom is -0.462 e. The minimum atomic E-state index is -0.508. The summed E-state index contributed by atoms with van der Waals surface area (Å²) in [7, 11) is 0. The number of fused-ring (bicyclic) bond motifs is 2. The van der Waals surface area contributed by atoms with Crippen molar-refractivity contribution >= 4 is 23.5 Å². The number of piperidine rings is 2. The van der Waals surface area contributed by atoms with Gasteiger partial charge in [-0.2, -0.15) is 0 Å². The zero-order valence-corrected chi connectivity index (χ0v) is 23.1. The highest BCUT2D eigenvalue weighted by molar-refractivity contribution is 6.29. The molecule has 2 fully saturated rings. The van der Waals surface area contributed by atoms with E-state index in [1.165, 1.54) is 74.9 Å². The van der Waals surface area contributed by atoms with Gasteiger partial charge in [-0.15, -0.1) is 0 Å². The molecule has 0 amide bonds. The van der Waals surface area contributed by atoms with Crippen molar-refractivity contribution in [1.82, 2.24) is 9.80 Å². The molecular weight excluding hydrogens is 508 g/mol. The van der Waals surface area contributed by atoms with Crippen LogP contribution < -0.4 is 0 Å². The zero-order valence-electron chi connectivity index (χ0n) is 23.1. The lowest BCUT2D eigenvalue weighted by atomic mass is 9.82. The molecule has 2 aromatic carbocycles. The molecule has 2 heterocycles. The molecule has 40 heavy (non-hydrogen) atoms. The highest BCUT2D eigenvalue weighted by atomic mass is 16.5. The molecule has 0 radical (unpaired) electrons. The van der Waals surface area contributed by atoms with E-state index in [0.717, 1.165) is 52.1 Å². The van der Waals surface area contributed by atoms with Gasteiger partial charge in [0.05, 0.1) is 24.3 Å². The molecule has 0 unspecified atom stereocenters. The van der Waals surface area contributed by atoms with Gasteiger partial charge >= 0.3 is 11.9 Å². The van der Waals surface area contributed by atoms with Gasteiger partial charge in [0.1, 0.15) is 0 Å². The minimum absolute atomic E-state index is 0.174. The van der Waals surface area contributed by atoms with Gasteiger partial charge in [0.15, 0.2) is 11.6 Å². The number of likely N-dealkylation sites (tertiary alicyclic amines) is 2. The summed E-state index contributed by atoms with van der Waals surface area (Å²) in [6, 6.07) is 8.90. The third-order valence-corrected chi connectivity index (χ3v) is 8.09. The van der Waals surface area contributed by atoms with Crippen molar-refractivity contribution in [2.24, 2.45) is 0 Å². The van der Waals surface area contributed by atoms with Gasteiger partial charge in [0.25, 0.3) is 0 Å². The molecule has 0 aromatic heterocycles. The van der Waals surface area contributed by atoms with Crippen LogP contribution >= 0.6 is 0 Å². The summed E-state index contributed by atoms with van der Waals surface area (Å²) in [5.74, 6) is -1.73. The Bertz CT molecular complexity index is 1160. The molecule has 3 aliphatic rings. The summed E-state index contributed by atoms with van der Waals surface area (Å²) >= 11 is 0. The molecule has 0 atom stereocenters. The molecule has 2 aromatic rings. The molecule has 212 valence electrons. The average molecular weight is 547 g/mol. The van der Waals surface area contributed by atoms with Gasteiger partial charge in [-0.25, -0.2) is 9.59 Å². The summed E-state index contributed by atoms with van der Waals surface area (Å²) in [6.45, 7) is 6.79. The Morgan fingerprint density at radius 2 is 0.975 bits per heavy atom. The first-order chi connectivity index (χ1) is 19.5. The molecule has 1 aliphatic carbocycles. The SMILES string of the molecule is O=C(OCCCN1CCCCC1)c1ccc2c(c1)C(=O)c1ccc(C(=O)OCCCN3CCCCC3)cc1C2=O. The number of benzene rings is 2. The Kier molecular flexibility index (Phi) is 9.39. The number of rotatable bonds is 10. The first-order valence-electron chi connectivity index (χ1n) is 14.7. The number of ether oxygens (including phenoxy) is 2. The summed E-state index contributed by atoms with van der Waals surface area (Å²) < 4.78 is 10.9. The van der Waals surface area contributed by atoms with Crippen molar-refractivity contribution in [3.8, 4) is 0 Å². The van der Waals surface area contributed by atoms with Gasteiger partial charge < -0.3 is 19.3 Å². The van der Waals surface area contributed by atoms with Crippen LogP contribution in [0, 0.1) is 0 Å². The lowest BCUT2D eigenvalue weighted by Gasteiger charge is -2.26. The van der Waals surface area contributed by atoms with Crippen LogP contribution in [0.15, 0.2) is 36.4 Å². The van der Waals surface area contributed by atoms with E-state index in [0.29, 0.717) is 13.2 Å². The van der Waals surface area contributed by atoms with Crippen molar-refractivity contribution in [3.63, 3.8) is 0 Å². The van der Waals surface area contributed by atoms with E-state index in [4.69, 9.17) is 9.47 Å². The smallest absolute Gasteiger partial charge is 0.338 e. The van der Waals surface area contributed by atoms with Crippen LogP contribution in [-0.2, 0) is 9.47 Å². The Labute approximate surface area is 235 Å². The van der Waals surface area contributed by atoms with Gasteiger partial charge in [0, 0.05) is 35.3 Å². The Hall–Kier alpha value is -3.36. The van der Waals surface area contributed by atoms with E-state index in [1.54, 1.807) is 0 Å². The summed E-state index contributed by atoms with van der Waals surface area (Å²) in [5, 5.41) is 0. The maximum atomic E-state index is 13.3. The topological polar surface area (TPSA) is 93.2 Å². The predicted octanol–water partition coefficient (Wildman–Crippen LogP) is 4.53. The highest BCUT2D eigenvalue weighted by Gasteiger charge is 2.31. The van der Waals surface area contributed by atoms with Gasteiger partial charge in [-0.1, -0.05) is 12.8 Å². The number of hydrogen-bond acceptors (Lipinski definition) is 8. The van der Waals surface area contributed by atoms with Crippen molar-refractivity contribution in [2.45, 2.75) is 51.4 Å². The molecule has 2 saturated heterocycles. The fraction of sp³-hybridized carbons (Fsp3) is 0.500. The van der Waals surface area contributed by atoms with Crippen LogP contribution in [0.1, 0.15) is 104 Å².